The Labute approximate surface area is 131 Å². The summed E-state index contributed by atoms with van der Waals surface area (Å²) in [5.41, 5.74) is 0. The number of aliphatic hydroxyl groups is 4. The highest BCUT2D eigenvalue weighted by molar-refractivity contribution is 5.30. The van der Waals surface area contributed by atoms with Gasteiger partial charge in [-0.2, -0.15) is 0 Å². The number of hydrogen-bond donors (Lipinski definition) is 5. The third-order valence-electron chi connectivity index (χ3n) is 3.19. The predicted molar refractivity (Wildman–Crippen MR) is 83.8 cm³/mol. The molecule has 0 saturated heterocycles. The third kappa shape index (κ3) is 6.19. The van der Waals surface area contributed by atoms with Gasteiger partial charge in [0.25, 0.3) is 0 Å². The molecular formula is C16H28O6. The van der Waals surface area contributed by atoms with Crippen molar-refractivity contribution in [2.24, 2.45) is 5.92 Å². The van der Waals surface area contributed by atoms with Crippen LogP contribution in [0, 0.1) is 5.92 Å². The van der Waals surface area contributed by atoms with E-state index in [0.717, 1.165) is 0 Å². The first-order valence-corrected chi connectivity index (χ1v) is 7.47. The lowest BCUT2D eigenvalue weighted by atomic mass is 9.91. The molecule has 6 heteroatoms. The fourth-order valence-corrected chi connectivity index (χ4v) is 1.92. The first-order chi connectivity index (χ1) is 10.4. The number of rotatable bonds is 7. The molecule has 0 saturated carbocycles. The maximum Gasteiger partial charge on any atom is 0.150 e. The van der Waals surface area contributed by atoms with Crippen molar-refractivity contribution in [2.45, 2.75) is 52.1 Å². The molecule has 1 rings (SSSR count). The van der Waals surface area contributed by atoms with Crippen LogP contribution in [0.25, 0.3) is 0 Å². The predicted octanol–water partition coefficient (Wildman–Crippen LogP) is 0.897. The standard InChI is InChI=1S/C14H22O6.C2H6/c1-8(16)12(7-15)13(19)14(9(2)17)20-11-5-3-10(18)4-6-11;1-2/h3-6,8-9,12-19H,7H2,1-2H3;1-2H3/t8?,9?,12?,13?,14-;/m1./s1. The van der Waals surface area contributed by atoms with Crippen LogP contribution in [-0.2, 0) is 0 Å². The fourth-order valence-electron chi connectivity index (χ4n) is 1.92. The molecule has 0 aliphatic carbocycles. The summed E-state index contributed by atoms with van der Waals surface area (Å²) in [7, 11) is 0. The number of aromatic hydroxyl groups is 1. The Balaban J connectivity index is 0.00000211. The zero-order valence-corrected chi connectivity index (χ0v) is 13.5. The smallest absolute Gasteiger partial charge is 0.150 e. The highest BCUT2D eigenvalue weighted by atomic mass is 16.5. The molecule has 5 atom stereocenters. The van der Waals surface area contributed by atoms with E-state index in [1.807, 2.05) is 13.8 Å². The number of ether oxygens (including phenoxy) is 1. The molecule has 0 aliphatic heterocycles. The second kappa shape index (κ2) is 10.4. The summed E-state index contributed by atoms with van der Waals surface area (Å²) in [5.74, 6) is -0.398. The molecule has 128 valence electrons. The number of phenols is 1. The Hall–Kier alpha value is -1.34. The van der Waals surface area contributed by atoms with Crippen LogP contribution in [-0.4, -0.2) is 56.6 Å². The van der Waals surface area contributed by atoms with Gasteiger partial charge in [-0.3, -0.25) is 0 Å². The third-order valence-corrected chi connectivity index (χ3v) is 3.19. The highest BCUT2D eigenvalue weighted by Crippen LogP contribution is 2.22. The molecule has 5 N–H and O–H groups in total. The largest absolute Gasteiger partial charge is 0.508 e. The maximum atomic E-state index is 10.2. The van der Waals surface area contributed by atoms with Crippen molar-refractivity contribution in [1.82, 2.24) is 0 Å². The minimum atomic E-state index is -1.24. The number of aliphatic hydroxyl groups excluding tert-OH is 4. The normalized spacial score (nSPS) is 17.5. The van der Waals surface area contributed by atoms with Crippen LogP contribution in [0.2, 0.25) is 0 Å². The molecule has 0 amide bonds. The van der Waals surface area contributed by atoms with Gasteiger partial charge in [0.15, 0.2) is 6.10 Å². The maximum absolute atomic E-state index is 10.2. The van der Waals surface area contributed by atoms with Gasteiger partial charge in [0.2, 0.25) is 0 Å². The van der Waals surface area contributed by atoms with Crippen LogP contribution < -0.4 is 4.74 Å². The summed E-state index contributed by atoms with van der Waals surface area (Å²) in [6.45, 7) is 6.47. The second-order valence-corrected chi connectivity index (χ2v) is 4.89. The number of hydrogen-bond acceptors (Lipinski definition) is 6. The summed E-state index contributed by atoms with van der Waals surface area (Å²) in [6.07, 6.45) is -4.20. The van der Waals surface area contributed by atoms with Gasteiger partial charge in [0, 0.05) is 5.92 Å². The lowest BCUT2D eigenvalue weighted by molar-refractivity contribution is -0.0946. The van der Waals surface area contributed by atoms with E-state index in [2.05, 4.69) is 0 Å². The first-order valence-electron chi connectivity index (χ1n) is 7.47. The molecule has 0 bridgehead atoms. The Morgan fingerprint density at radius 3 is 1.82 bits per heavy atom. The molecule has 1 aromatic carbocycles. The highest BCUT2D eigenvalue weighted by Gasteiger charge is 2.34. The monoisotopic (exact) mass is 316 g/mol. The van der Waals surface area contributed by atoms with E-state index in [9.17, 15) is 25.5 Å². The van der Waals surface area contributed by atoms with E-state index < -0.39 is 36.9 Å². The summed E-state index contributed by atoms with van der Waals surface area (Å²) in [4.78, 5) is 0. The van der Waals surface area contributed by atoms with Crippen LogP contribution in [0.15, 0.2) is 24.3 Å². The van der Waals surface area contributed by atoms with Crippen molar-refractivity contribution >= 4 is 0 Å². The van der Waals surface area contributed by atoms with Gasteiger partial charge in [0.1, 0.15) is 17.6 Å². The molecule has 6 nitrogen and oxygen atoms in total. The summed E-state index contributed by atoms with van der Waals surface area (Å²) in [6, 6.07) is 5.82. The van der Waals surface area contributed by atoms with Gasteiger partial charge in [-0.05, 0) is 38.1 Å². The average Bonchev–Trinajstić information content (AvgIpc) is 2.48. The second-order valence-electron chi connectivity index (χ2n) is 4.89. The van der Waals surface area contributed by atoms with E-state index >= 15 is 0 Å². The van der Waals surface area contributed by atoms with Gasteiger partial charge in [-0.15, -0.1) is 0 Å². The molecule has 4 unspecified atom stereocenters. The molecular weight excluding hydrogens is 288 g/mol. The number of benzene rings is 1. The van der Waals surface area contributed by atoms with Crippen LogP contribution >= 0.6 is 0 Å². The molecule has 0 fully saturated rings. The van der Waals surface area contributed by atoms with E-state index in [1.165, 1.54) is 38.1 Å². The lowest BCUT2D eigenvalue weighted by Gasteiger charge is -2.32. The topological polar surface area (TPSA) is 110 Å². The Bertz CT molecular complexity index is 390. The van der Waals surface area contributed by atoms with E-state index in [0.29, 0.717) is 5.75 Å². The van der Waals surface area contributed by atoms with Crippen molar-refractivity contribution in [3.63, 3.8) is 0 Å². The molecule has 22 heavy (non-hydrogen) atoms. The average molecular weight is 316 g/mol. The molecule has 0 aromatic heterocycles. The fraction of sp³-hybridized carbons (Fsp3) is 0.625. The van der Waals surface area contributed by atoms with Crippen molar-refractivity contribution in [1.29, 1.82) is 0 Å². The van der Waals surface area contributed by atoms with Crippen molar-refractivity contribution < 1.29 is 30.3 Å². The molecule has 1 aromatic rings. The summed E-state index contributed by atoms with van der Waals surface area (Å²) < 4.78 is 5.49. The Kier molecular flexibility index (Phi) is 9.76. The zero-order chi connectivity index (χ0) is 17.3. The minimum absolute atomic E-state index is 0.0729. The molecule has 0 spiro atoms. The van der Waals surface area contributed by atoms with Crippen LogP contribution in [0.3, 0.4) is 0 Å². The van der Waals surface area contributed by atoms with E-state index in [1.54, 1.807) is 0 Å². The van der Waals surface area contributed by atoms with Gasteiger partial charge in [-0.25, -0.2) is 0 Å². The van der Waals surface area contributed by atoms with Crippen molar-refractivity contribution in [3.05, 3.63) is 24.3 Å². The lowest BCUT2D eigenvalue weighted by Crippen LogP contribution is -2.48. The minimum Gasteiger partial charge on any atom is -0.508 e. The molecule has 0 aliphatic rings. The van der Waals surface area contributed by atoms with E-state index in [4.69, 9.17) is 4.74 Å². The van der Waals surface area contributed by atoms with Crippen LogP contribution in [0.5, 0.6) is 11.5 Å². The molecule has 0 heterocycles. The first kappa shape index (κ1) is 20.7. The van der Waals surface area contributed by atoms with Crippen LogP contribution in [0.1, 0.15) is 27.7 Å². The zero-order valence-electron chi connectivity index (χ0n) is 13.5. The van der Waals surface area contributed by atoms with Crippen molar-refractivity contribution in [3.8, 4) is 11.5 Å². The number of phenolic OH excluding ortho intramolecular Hbond substituents is 1. The Morgan fingerprint density at radius 1 is 0.955 bits per heavy atom. The van der Waals surface area contributed by atoms with Gasteiger partial charge in [0.05, 0.1) is 18.8 Å². The SMILES string of the molecule is CC.CC(O)C(CO)C(O)[C@H](Oc1ccc(O)cc1)C(C)O. The Morgan fingerprint density at radius 2 is 1.45 bits per heavy atom. The van der Waals surface area contributed by atoms with Crippen molar-refractivity contribution in [2.75, 3.05) is 6.61 Å². The summed E-state index contributed by atoms with van der Waals surface area (Å²) >= 11 is 0. The molecule has 0 radical (unpaired) electrons. The van der Waals surface area contributed by atoms with E-state index in [-0.39, 0.29) is 5.75 Å². The quantitative estimate of drug-likeness (QED) is 0.511. The summed E-state index contributed by atoms with van der Waals surface area (Å²) in [5, 5.41) is 47.8. The van der Waals surface area contributed by atoms with Crippen LogP contribution in [0.4, 0.5) is 0 Å². The van der Waals surface area contributed by atoms with Gasteiger partial charge >= 0.3 is 0 Å². The van der Waals surface area contributed by atoms with Gasteiger partial charge in [-0.1, -0.05) is 13.8 Å². The van der Waals surface area contributed by atoms with Gasteiger partial charge < -0.3 is 30.3 Å².